The van der Waals surface area contributed by atoms with Gasteiger partial charge in [0.15, 0.2) is 0 Å². The quantitative estimate of drug-likeness (QED) is 0.795. The van der Waals surface area contributed by atoms with Gasteiger partial charge in [-0.3, -0.25) is 4.90 Å². The zero-order valence-electron chi connectivity index (χ0n) is 9.27. The molecule has 0 saturated carbocycles. The van der Waals surface area contributed by atoms with Crippen LogP contribution in [-0.4, -0.2) is 35.7 Å². The molecular formula is C10H19F3N2. The molecule has 1 heterocycles. The van der Waals surface area contributed by atoms with Gasteiger partial charge in [0.05, 0.1) is 0 Å². The molecule has 0 aromatic rings. The molecule has 0 aromatic carbocycles. The molecule has 0 amide bonds. The van der Waals surface area contributed by atoms with E-state index in [9.17, 15) is 13.2 Å². The van der Waals surface area contributed by atoms with Crippen LogP contribution in [0.4, 0.5) is 13.2 Å². The molecule has 1 aliphatic heterocycles. The molecular weight excluding hydrogens is 205 g/mol. The molecule has 0 radical (unpaired) electrons. The number of alkyl halides is 3. The highest BCUT2D eigenvalue weighted by Crippen LogP contribution is 2.37. The van der Waals surface area contributed by atoms with Gasteiger partial charge in [-0.2, -0.15) is 13.2 Å². The second-order valence-electron chi connectivity index (χ2n) is 4.74. The first-order valence-electron chi connectivity index (χ1n) is 5.32. The molecule has 0 bridgehead atoms. The van der Waals surface area contributed by atoms with Crippen LogP contribution in [0, 0.1) is 0 Å². The summed E-state index contributed by atoms with van der Waals surface area (Å²) in [5, 5.41) is 0. The Morgan fingerprint density at radius 3 is 2.33 bits per heavy atom. The van der Waals surface area contributed by atoms with E-state index >= 15 is 0 Å². The largest absolute Gasteiger partial charge is 0.404 e. The van der Waals surface area contributed by atoms with Crippen molar-refractivity contribution < 1.29 is 13.2 Å². The number of likely N-dealkylation sites (tertiary alicyclic amines) is 1. The van der Waals surface area contributed by atoms with E-state index in [-0.39, 0.29) is 18.5 Å². The Balaban J connectivity index is 2.80. The fourth-order valence-electron chi connectivity index (χ4n) is 2.36. The molecule has 2 nitrogen and oxygen atoms in total. The molecule has 1 saturated heterocycles. The van der Waals surface area contributed by atoms with Crippen LogP contribution in [0.1, 0.15) is 33.1 Å². The van der Waals surface area contributed by atoms with Crippen molar-refractivity contribution in [3.8, 4) is 0 Å². The lowest BCUT2D eigenvalue weighted by Gasteiger charge is -2.39. The summed E-state index contributed by atoms with van der Waals surface area (Å²) in [6.45, 7) is 4.35. The minimum Gasteiger partial charge on any atom is -0.330 e. The average molecular weight is 224 g/mol. The van der Waals surface area contributed by atoms with Gasteiger partial charge in [-0.25, -0.2) is 0 Å². The van der Waals surface area contributed by atoms with Crippen LogP contribution in [0.25, 0.3) is 0 Å². The molecule has 0 spiro atoms. The maximum Gasteiger partial charge on any atom is 0.404 e. The number of nitrogens with two attached hydrogens (primary N) is 1. The third kappa shape index (κ3) is 2.84. The summed E-state index contributed by atoms with van der Waals surface area (Å²) in [4.78, 5) is 1.56. The zero-order valence-corrected chi connectivity index (χ0v) is 9.27. The smallest absolute Gasteiger partial charge is 0.330 e. The van der Waals surface area contributed by atoms with E-state index in [0.717, 1.165) is 12.8 Å². The molecule has 0 aliphatic carbocycles. The lowest BCUT2D eigenvalue weighted by Crippen LogP contribution is -2.52. The third-order valence-electron chi connectivity index (χ3n) is 3.16. The van der Waals surface area contributed by atoms with Crippen molar-refractivity contribution in [2.75, 3.05) is 13.1 Å². The van der Waals surface area contributed by atoms with Gasteiger partial charge in [-0.15, -0.1) is 0 Å². The predicted octanol–water partition coefficient (Wildman–Crippen LogP) is 2.14. The van der Waals surface area contributed by atoms with E-state index in [4.69, 9.17) is 5.73 Å². The summed E-state index contributed by atoms with van der Waals surface area (Å²) >= 11 is 0. The van der Waals surface area contributed by atoms with Gasteiger partial charge in [0.25, 0.3) is 0 Å². The molecule has 0 aromatic heterocycles. The van der Waals surface area contributed by atoms with Crippen molar-refractivity contribution in [3.63, 3.8) is 0 Å². The SMILES string of the molecule is CC1(C)CCCN1C(CCN)C(F)(F)F. The first-order valence-corrected chi connectivity index (χ1v) is 5.32. The molecule has 1 unspecified atom stereocenters. The van der Waals surface area contributed by atoms with E-state index in [1.807, 2.05) is 13.8 Å². The highest BCUT2D eigenvalue weighted by atomic mass is 19.4. The van der Waals surface area contributed by atoms with Crippen LogP contribution in [0.3, 0.4) is 0 Å². The summed E-state index contributed by atoms with van der Waals surface area (Å²) in [5.74, 6) is 0. The average Bonchev–Trinajstić information content (AvgIpc) is 2.39. The normalized spacial score (nSPS) is 24.4. The Kier molecular flexibility index (Phi) is 3.66. The highest BCUT2D eigenvalue weighted by Gasteiger charge is 2.48. The van der Waals surface area contributed by atoms with Crippen LogP contribution in [-0.2, 0) is 0 Å². The highest BCUT2D eigenvalue weighted by molar-refractivity contribution is 4.94. The van der Waals surface area contributed by atoms with Crippen molar-refractivity contribution in [2.24, 2.45) is 5.73 Å². The molecule has 90 valence electrons. The maximum absolute atomic E-state index is 12.8. The van der Waals surface area contributed by atoms with Crippen molar-refractivity contribution in [3.05, 3.63) is 0 Å². The minimum absolute atomic E-state index is 0.00701. The number of rotatable bonds is 3. The molecule has 15 heavy (non-hydrogen) atoms. The summed E-state index contributed by atoms with van der Waals surface area (Å²) in [5.41, 5.74) is 4.90. The van der Waals surface area contributed by atoms with Gasteiger partial charge in [0.1, 0.15) is 6.04 Å². The Morgan fingerprint density at radius 1 is 1.40 bits per heavy atom. The van der Waals surface area contributed by atoms with Crippen LogP contribution >= 0.6 is 0 Å². The molecule has 1 rings (SSSR count). The molecule has 1 atom stereocenters. The fraction of sp³-hybridized carbons (Fsp3) is 1.00. The van der Waals surface area contributed by atoms with Crippen LogP contribution in [0.2, 0.25) is 0 Å². The van der Waals surface area contributed by atoms with Crippen molar-refractivity contribution in [2.45, 2.75) is 50.9 Å². The van der Waals surface area contributed by atoms with Crippen LogP contribution in [0.5, 0.6) is 0 Å². The van der Waals surface area contributed by atoms with E-state index < -0.39 is 12.2 Å². The number of nitrogens with zero attached hydrogens (tertiary/aromatic N) is 1. The van der Waals surface area contributed by atoms with Gasteiger partial charge < -0.3 is 5.73 Å². The van der Waals surface area contributed by atoms with Crippen molar-refractivity contribution in [1.29, 1.82) is 0 Å². The topological polar surface area (TPSA) is 29.3 Å². The molecule has 2 N–H and O–H groups in total. The van der Waals surface area contributed by atoms with E-state index in [1.165, 1.54) is 0 Å². The number of hydrogen-bond acceptors (Lipinski definition) is 2. The molecule has 5 heteroatoms. The second-order valence-corrected chi connectivity index (χ2v) is 4.74. The third-order valence-corrected chi connectivity index (χ3v) is 3.16. The molecule has 1 aliphatic rings. The molecule has 1 fully saturated rings. The van der Waals surface area contributed by atoms with Gasteiger partial charge >= 0.3 is 6.18 Å². The lowest BCUT2D eigenvalue weighted by molar-refractivity contribution is -0.193. The summed E-state index contributed by atoms with van der Waals surface area (Å²) in [6, 6.07) is -1.38. The van der Waals surface area contributed by atoms with Gasteiger partial charge in [-0.1, -0.05) is 0 Å². The van der Waals surface area contributed by atoms with E-state index in [1.54, 1.807) is 4.90 Å². The first-order chi connectivity index (χ1) is 6.79. The summed E-state index contributed by atoms with van der Waals surface area (Å²) < 4.78 is 38.4. The standard InChI is InChI=1S/C10H19F3N2/c1-9(2)5-3-7-15(9)8(4-6-14)10(11,12)13/h8H,3-7,14H2,1-2H3. The van der Waals surface area contributed by atoms with Gasteiger partial charge in [-0.05, 0) is 46.2 Å². The van der Waals surface area contributed by atoms with Crippen LogP contribution in [0.15, 0.2) is 0 Å². The van der Waals surface area contributed by atoms with Crippen LogP contribution < -0.4 is 5.73 Å². The van der Waals surface area contributed by atoms with Crippen molar-refractivity contribution >= 4 is 0 Å². The fourth-order valence-corrected chi connectivity index (χ4v) is 2.36. The Hall–Kier alpha value is -0.290. The zero-order chi connectivity index (χ0) is 11.7. The Labute approximate surface area is 88.6 Å². The number of halogens is 3. The van der Waals surface area contributed by atoms with E-state index in [2.05, 4.69) is 0 Å². The Bertz CT molecular complexity index is 213. The first kappa shape index (κ1) is 12.8. The van der Waals surface area contributed by atoms with Gasteiger partial charge in [0.2, 0.25) is 0 Å². The number of hydrogen-bond donors (Lipinski definition) is 1. The lowest BCUT2D eigenvalue weighted by atomic mass is 9.99. The maximum atomic E-state index is 12.8. The summed E-state index contributed by atoms with van der Waals surface area (Å²) in [6.07, 6.45) is -2.51. The van der Waals surface area contributed by atoms with E-state index in [0.29, 0.717) is 6.54 Å². The Morgan fingerprint density at radius 2 is 2.00 bits per heavy atom. The van der Waals surface area contributed by atoms with Gasteiger partial charge in [0, 0.05) is 5.54 Å². The summed E-state index contributed by atoms with van der Waals surface area (Å²) in [7, 11) is 0. The predicted molar refractivity (Wildman–Crippen MR) is 53.5 cm³/mol. The minimum atomic E-state index is -4.17. The van der Waals surface area contributed by atoms with Crippen molar-refractivity contribution in [1.82, 2.24) is 4.90 Å². The monoisotopic (exact) mass is 224 g/mol. The second kappa shape index (κ2) is 4.29.